The van der Waals surface area contributed by atoms with Crippen molar-refractivity contribution in [2.75, 3.05) is 31.8 Å². The predicted molar refractivity (Wildman–Crippen MR) is 121 cm³/mol. The van der Waals surface area contributed by atoms with E-state index in [1.54, 1.807) is 6.92 Å². The van der Waals surface area contributed by atoms with E-state index in [9.17, 15) is 28.3 Å². The molecular formula is C23H25F2N3O4. The number of hydrogen-bond acceptors (Lipinski definition) is 7. The average molecular weight is 445 g/mol. The van der Waals surface area contributed by atoms with Crippen LogP contribution in [0, 0.1) is 11.6 Å². The molecule has 0 spiro atoms. The standard InChI is InChI=1S/C20H16F2N2O4.C3H9N/c1-2-14(11-6-12(21)8-13(22)7-11)23-16-17(20(28)19(16)27)24-15-5-3-4-10(9-25)18(15)26;1-4(2)3/h3-9,14,23-24,26H,2H2,1H3;1-3H3. The fourth-order valence-corrected chi connectivity index (χ4v) is 2.91. The Morgan fingerprint density at radius 2 is 1.59 bits per heavy atom. The third kappa shape index (κ3) is 5.76. The lowest BCUT2D eigenvalue weighted by atomic mass is 10.0. The van der Waals surface area contributed by atoms with Gasteiger partial charge in [0, 0.05) is 6.07 Å². The number of carbonyl (C=O) groups is 1. The molecule has 1 atom stereocenters. The molecule has 0 aliphatic heterocycles. The van der Waals surface area contributed by atoms with Gasteiger partial charge in [-0.2, -0.15) is 0 Å². The van der Waals surface area contributed by atoms with Crippen LogP contribution in [0.2, 0.25) is 0 Å². The molecule has 0 heterocycles. The number of hydrogen-bond donors (Lipinski definition) is 3. The van der Waals surface area contributed by atoms with E-state index < -0.39 is 28.5 Å². The Bertz CT molecular complexity index is 1150. The normalized spacial score (nSPS) is 11.6. The van der Waals surface area contributed by atoms with Crippen molar-refractivity contribution in [3.05, 3.63) is 79.6 Å². The van der Waals surface area contributed by atoms with Crippen LogP contribution in [0.3, 0.4) is 0 Å². The number of phenolic OH excluding ortho intramolecular Hbond substituents is 1. The molecule has 1 unspecified atom stereocenters. The van der Waals surface area contributed by atoms with Gasteiger partial charge in [-0.3, -0.25) is 14.4 Å². The number of halogens is 2. The highest BCUT2D eigenvalue weighted by Gasteiger charge is 2.25. The first-order chi connectivity index (χ1) is 15.1. The predicted octanol–water partition coefficient (Wildman–Crippen LogP) is 3.56. The number of anilines is 3. The quantitative estimate of drug-likeness (QED) is 0.291. The van der Waals surface area contributed by atoms with Crippen molar-refractivity contribution in [3.63, 3.8) is 0 Å². The molecule has 0 radical (unpaired) electrons. The summed E-state index contributed by atoms with van der Waals surface area (Å²) in [6, 6.07) is 6.72. The summed E-state index contributed by atoms with van der Waals surface area (Å²) < 4.78 is 27.0. The van der Waals surface area contributed by atoms with Gasteiger partial charge in [-0.25, -0.2) is 8.78 Å². The Balaban J connectivity index is 0.000000837. The summed E-state index contributed by atoms with van der Waals surface area (Å²) in [6.07, 6.45) is 0.834. The summed E-state index contributed by atoms with van der Waals surface area (Å²) in [4.78, 5) is 36.9. The minimum Gasteiger partial charge on any atom is -0.505 e. The second kappa shape index (κ2) is 10.6. The lowest BCUT2D eigenvalue weighted by molar-refractivity contribution is 0.112. The Labute approximate surface area is 184 Å². The molecule has 32 heavy (non-hydrogen) atoms. The van der Waals surface area contributed by atoms with Gasteiger partial charge in [-0.15, -0.1) is 0 Å². The van der Waals surface area contributed by atoms with E-state index in [0.717, 1.165) is 18.2 Å². The van der Waals surface area contributed by atoms with E-state index in [0.29, 0.717) is 12.7 Å². The lowest BCUT2D eigenvalue weighted by Gasteiger charge is -2.22. The first-order valence-electron chi connectivity index (χ1n) is 9.79. The first-order valence-corrected chi connectivity index (χ1v) is 9.79. The van der Waals surface area contributed by atoms with Gasteiger partial charge in [0.15, 0.2) is 6.29 Å². The van der Waals surface area contributed by atoms with E-state index in [2.05, 4.69) is 10.6 Å². The summed E-state index contributed by atoms with van der Waals surface area (Å²) in [5.74, 6) is -1.88. The minimum absolute atomic E-state index is 0.0138. The van der Waals surface area contributed by atoms with Gasteiger partial charge in [0.25, 0.3) is 10.9 Å². The van der Waals surface area contributed by atoms with Gasteiger partial charge in [-0.1, -0.05) is 13.0 Å². The summed E-state index contributed by atoms with van der Waals surface area (Å²) in [5.41, 5.74) is -1.38. The van der Waals surface area contributed by atoms with Gasteiger partial charge in [-0.05, 0) is 57.4 Å². The van der Waals surface area contributed by atoms with Crippen LogP contribution < -0.4 is 21.5 Å². The van der Waals surface area contributed by atoms with Gasteiger partial charge >= 0.3 is 0 Å². The maximum Gasteiger partial charge on any atom is 0.253 e. The van der Waals surface area contributed by atoms with Crippen LogP contribution in [-0.2, 0) is 0 Å². The molecule has 0 aromatic heterocycles. The molecule has 170 valence electrons. The third-order valence-electron chi connectivity index (χ3n) is 4.38. The summed E-state index contributed by atoms with van der Waals surface area (Å²) in [5, 5.41) is 15.5. The number of nitrogens with zero attached hydrogens (tertiary/aromatic N) is 1. The maximum atomic E-state index is 13.5. The number of para-hydroxylation sites is 1. The molecule has 0 aliphatic rings. The number of aromatic hydroxyl groups is 1. The monoisotopic (exact) mass is 445 g/mol. The third-order valence-corrected chi connectivity index (χ3v) is 4.38. The molecule has 0 aliphatic carbocycles. The number of nitrogens with one attached hydrogen (secondary N) is 2. The molecule has 3 aromatic rings. The molecule has 3 N–H and O–H groups in total. The van der Waals surface area contributed by atoms with E-state index in [1.807, 2.05) is 26.0 Å². The highest BCUT2D eigenvalue weighted by atomic mass is 19.1. The fourth-order valence-electron chi connectivity index (χ4n) is 2.91. The molecule has 3 rings (SSSR count). The second-order valence-corrected chi connectivity index (χ2v) is 7.54. The summed E-state index contributed by atoms with van der Waals surface area (Å²) >= 11 is 0. The molecule has 0 fully saturated rings. The van der Waals surface area contributed by atoms with Crippen LogP contribution >= 0.6 is 0 Å². The van der Waals surface area contributed by atoms with Gasteiger partial charge in [0.1, 0.15) is 28.8 Å². The Morgan fingerprint density at radius 3 is 2.12 bits per heavy atom. The minimum atomic E-state index is -0.807. The number of carbonyl (C=O) groups excluding carboxylic acids is 1. The van der Waals surface area contributed by atoms with Crippen molar-refractivity contribution in [3.8, 4) is 5.75 Å². The van der Waals surface area contributed by atoms with Crippen LogP contribution in [0.1, 0.15) is 35.3 Å². The van der Waals surface area contributed by atoms with Crippen LogP contribution in [0.25, 0.3) is 0 Å². The van der Waals surface area contributed by atoms with Gasteiger partial charge in [0.2, 0.25) is 0 Å². The van der Waals surface area contributed by atoms with Crippen molar-refractivity contribution < 1.29 is 18.7 Å². The van der Waals surface area contributed by atoms with E-state index >= 15 is 0 Å². The zero-order valence-corrected chi connectivity index (χ0v) is 18.2. The smallest absolute Gasteiger partial charge is 0.253 e. The largest absolute Gasteiger partial charge is 0.505 e. The molecule has 9 heteroatoms. The number of phenols is 1. The molecule has 0 bridgehead atoms. The van der Waals surface area contributed by atoms with Crippen molar-refractivity contribution >= 4 is 23.3 Å². The zero-order valence-electron chi connectivity index (χ0n) is 18.2. The van der Waals surface area contributed by atoms with Crippen LogP contribution in [0.5, 0.6) is 5.75 Å². The second-order valence-electron chi connectivity index (χ2n) is 7.54. The van der Waals surface area contributed by atoms with Gasteiger partial charge in [0.05, 0.1) is 17.3 Å². The van der Waals surface area contributed by atoms with Gasteiger partial charge < -0.3 is 20.6 Å². The Hall–Kier alpha value is -3.59. The summed E-state index contributed by atoms with van der Waals surface area (Å²) in [7, 11) is 6.00. The lowest BCUT2D eigenvalue weighted by Crippen LogP contribution is -2.37. The molecule has 0 saturated heterocycles. The number of aldehydes is 1. The first kappa shape index (κ1) is 24.7. The van der Waals surface area contributed by atoms with Crippen LogP contribution in [0.15, 0.2) is 46.0 Å². The topological polar surface area (TPSA) is 98.7 Å². The molecule has 0 saturated carbocycles. The van der Waals surface area contributed by atoms with E-state index in [4.69, 9.17) is 0 Å². The highest BCUT2D eigenvalue weighted by Crippen LogP contribution is 2.32. The van der Waals surface area contributed by atoms with E-state index in [1.165, 1.54) is 18.2 Å². The number of benzene rings is 2. The maximum absolute atomic E-state index is 13.5. The molecular weight excluding hydrogens is 420 g/mol. The molecule has 3 aromatic carbocycles. The van der Waals surface area contributed by atoms with Crippen molar-refractivity contribution in [1.29, 1.82) is 0 Å². The summed E-state index contributed by atoms with van der Waals surface area (Å²) in [6.45, 7) is 1.75. The fraction of sp³-hybridized carbons (Fsp3) is 0.261. The van der Waals surface area contributed by atoms with Crippen LogP contribution in [0.4, 0.5) is 25.8 Å². The van der Waals surface area contributed by atoms with Crippen LogP contribution in [-0.4, -0.2) is 37.4 Å². The highest BCUT2D eigenvalue weighted by molar-refractivity contribution is 5.87. The molecule has 7 nitrogen and oxygen atoms in total. The SMILES string of the molecule is CCC(Nc1c(Nc2cccc(C=O)c2O)c(=O)c1=O)c1cc(F)cc(F)c1.CN(C)C. The van der Waals surface area contributed by atoms with Crippen molar-refractivity contribution in [1.82, 2.24) is 4.90 Å². The Morgan fingerprint density at radius 1 is 1.03 bits per heavy atom. The van der Waals surface area contributed by atoms with E-state index in [-0.39, 0.29) is 33.9 Å². The molecule has 0 amide bonds. The Kier molecular flexibility index (Phi) is 8.20. The van der Waals surface area contributed by atoms with Crippen molar-refractivity contribution in [2.45, 2.75) is 19.4 Å². The average Bonchev–Trinajstić information content (AvgIpc) is 2.73. The van der Waals surface area contributed by atoms with Crippen molar-refractivity contribution in [2.24, 2.45) is 0 Å². The zero-order chi connectivity index (χ0) is 24.0. The number of rotatable bonds is 7.